The second kappa shape index (κ2) is 10.1. The van der Waals surface area contributed by atoms with Gasteiger partial charge in [0.25, 0.3) is 11.8 Å². The van der Waals surface area contributed by atoms with Gasteiger partial charge in [0.1, 0.15) is 0 Å². The molecule has 8 nitrogen and oxygen atoms in total. The third-order valence-corrected chi connectivity index (χ3v) is 6.51. The van der Waals surface area contributed by atoms with Gasteiger partial charge in [-0.15, -0.1) is 11.3 Å². The molecule has 1 aromatic carbocycles. The fourth-order valence-corrected chi connectivity index (χ4v) is 4.53. The molecule has 0 radical (unpaired) electrons. The van der Waals surface area contributed by atoms with E-state index in [4.69, 9.17) is 4.98 Å². The Labute approximate surface area is 212 Å². The van der Waals surface area contributed by atoms with Crippen molar-refractivity contribution in [3.05, 3.63) is 95.3 Å². The first-order valence-electron chi connectivity index (χ1n) is 11.5. The van der Waals surface area contributed by atoms with Gasteiger partial charge in [0.15, 0.2) is 5.65 Å². The molecule has 5 rings (SSSR count). The second-order valence-electron chi connectivity index (χ2n) is 8.49. The molecule has 9 heteroatoms. The van der Waals surface area contributed by atoms with E-state index in [1.54, 1.807) is 54.1 Å². The first kappa shape index (κ1) is 23.4. The topological polar surface area (TPSA) is 102 Å². The van der Waals surface area contributed by atoms with Gasteiger partial charge in [-0.25, -0.2) is 9.67 Å². The van der Waals surface area contributed by atoms with E-state index in [9.17, 15) is 9.59 Å². The van der Waals surface area contributed by atoms with E-state index in [-0.39, 0.29) is 17.9 Å². The first-order valence-corrected chi connectivity index (χ1v) is 12.4. The number of fused-ring (bicyclic) bond motifs is 1. The van der Waals surface area contributed by atoms with Crippen molar-refractivity contribution in [3.63, 3.8) is 0 Å². The van der Waals surface area contributed by atoms with E-state index in [2.05, 4.69) is 20.7 Å². The lowest BCUT2D eigenvalue weighted by atomic mass is 10.1. The molecular weight excluding hydrogens is 472 g/mol. The van der Waals surface area contributed by atoms with Crippen LogP contribution in [0.15, 0.2) is 78.4 Å². The second-order valence-corrected chi connectivity index (χ2v) is 9.44. The molecule has 0 aliphatic heterocycles. The molecule has 0 aliphatic rings. The smallest absolute Gasteiger partial charge is 0.256 e. The van der Waals surface area contributed by atoms with Crippen LogP contribution in [0.1, 0.15) is 46.3 Å². The van der Waals surface area contributed by atoms with E-state index in [1.165, 1.54) is 0 Å². The first-order chi connectivity index (χ1) is 17.5. The van der Waals surface area contributed by atoms with E-state index in [0.717, 1.165) is 10.6 Å². The predicted molar refractivity (Wildman–Crippen MR) is 141 cm³/mol. The van der Waals surface area contributed by atoms with Crippen molar-refractivity contribution in [2.24, 2.45) is 0 Å². The Morgan fingerprint density at radius 1 is 1.03 bits per heavy atom. The number of rotatable bonds is 7. The zero-order valence-electron chi connectivity index (χ0n) is 19.8. The predicted octanol–water partition coefficient (Wildman–Crippen LogP) is 5.32. The number of nitrogens with one attached hydrogen (secondary N) is 2. The summed E-state index contributed by atoms with van der Waals surface area (Å²) >= 11 is 1.56. The van der Waals surface area contributed by atoms with E-state index in [1.807, 2.05) is 54.2 Å². The molecule has 0 fully saturated rings. The largest absolute Gasteiger partial charge is 0.346 e. The molecule has 0 bridgehead atoms. The van der Waals surface area contributed by atoms with Gasteiger partial charge in [0.05, 0.1) is 40.0 Å². The van der Waals surface area contributed by atoms with Crippen LogP contribution in [-0.2, 0) is 6.54 Å². The maximum atomic E-state index is 13.4. The lowest BCUT2D eigenvalue weighted by molar-refractivity contribution is 0.0949. The van der Waals surface area contributed by atoms with Crippen LogP contribution in [0.3, 0.4) is 0 Å². The molecule has 4 aromatic heterocycles. The maximum Gasteiger partial charge on any atom is 0.256 e. The summed E-state index contributed by atoms with van der Waals surface area (Å²) in [6.45, 7) is 4.36. The van der Waals surface area contributed by atoms with Crippen molar-refractivity contribution in [1.29, 1.82) is 0 Å². The van der Waals surface area contributed by atoms with E-state index >= 15 is 0 Å². The van der Waals surface area contributed by atoms with Crippen LogP contribution in [0.2, 0.25) is 0 Å². The molecule has 0 atom stereocenters. The Morgan fingerprint density at radius 2 is 1.92 bits per heavy atom. The standard InChI is InChI=1S/C27H24N6O2S/c1-17(2)33-25-22(16-30-33)21(14-23(32-25)24-10-6-12-36-24)27(35)31-19-9-5-7-18(13-19)26(34)29-15-20-8-3-4-11-28-20/h3-14,16-17H,15H2,1-2H3,(H,29,34)(H,31,35). The van der Waals surface area contributed by atoms with E-state index < -0.39 is 0 Å². The van der Waals surface area contributed by atoms with Gasteiger partial charge in [-0.05, 0) is 61.7 Å². The zero-order valence-corrected chi connectivity index (χ0v) is 20.6. The van der Waals surface area contributed by atoms with Gasteiger partial charge < -0.3 is 10.6 Å². The van der Waals surface area contributed by atoms with Crippen molar-refractivity contribution in [2.75, 3.05) is 5.32 Å². The number of thiophene rings is 1. The highest BCUT2D eigenvalue weighted by Crippen LogP contribution is 2.29. The minimum absolute atomic E-state index is 0.0887. The Kier molecular flexibility index (Phi) is 6.55. The molecule has 0 spiro atoms. The highest BCUT2D eigenvalue weighted by Gasteiger charge is 2.19. The molecule has 0 saturated carbocycles. The Balaban J connectivity index is 1.41. The summed E-state index contributed by atoms with van der Waals surface area (Å²) in [5, 5.41) is 12.9. The zero-order chi connectivity index (χ0) is 25.1. The van der Waals surface area contributed by atoms with Gasteiger partial charge >= 0.3 is 0 Å². The number of pyridine rings is 2. The molecule has 36 heavy (non-hydrogen) atoms. The van der Waals surface area contributed by atoms with Gasteiger partial charge in [-0.1, -0.05) is 18.2 Å². The number of anilines is 1. The molecule has 5 aromatic rings. The third kappa shape index (κ3) is 4.87. The Hall–Kier alpha value is -4.37. The van der Waals surface area contributed by atoms with Crippen molar-refractivity contribution in [2.45, 2.75) is 26.4 Å². The summed E-state index contributed by atoms with van der Waals surface area (Å²) in [7, 11) is 0. The molecule has 2 N–H and O–H groups in total. The number of hydrogen-bond donors (Lipinski definition) is 2. The summed E-state index contributed by atoms with van der Waals surface area (Å²) < 4.78 is 1.82. The number of aromatic nitrogens is 4. The summed E-state index contributed by atoms with van der Waals surface area (Å²) in [6.07, 6.45) is 3.36. The minimum Gasteiger partial charge on any atom is -0.346 e. The fraction of sp³-hybridized carbons (Fsp3) is 0.148. The van der Waals surface area contributed by atoms with Crippen LogP contribution in [0.5, 0.6) is 0 Å². The van der Waals surface area contributed by atoms with Crippen LogP contribution in [0.4, 0.5) is 5.69 Å². The van der Waals surface area contributed by atoms with Crippen LogP contribution < -0.4 is 10.6 Å². The Morgan fingerprint density at radius 3 is 2.67 bits per heavy atom. The van der Waals surface area contributed by atoms with Crippen LogP contribution in [0.25, 0.3) is 21.6 Å². The highest BCUT2D eigenvalue weighted by molar-refractivity contribution is 7.13. The van der Waals surface area contributed by atoms with Gasteiger partial charge in [0, 0.05) is 23.5 Å². The lowest BCUT2D eigenvalue weighted by Crippen LogP contribution is -2.23. The van der Waals surface area contributed by atoms with Gasteiger partial charge in [0.2, 0.25) is 0 Å². The molecular formula is C27H24N6O2S. The summed E-state index contributed by atoms with van der Waals surface area (Å²) in [5.41, 5.74) is 3.57. The summed E-state index contributed by atoms with van der Waals surface area (Å²) in [4.78, 5) is 36.1. The average molecular weight is 497 g/mol. The van der Waals surface area contributed by atoms with Crippen LogP contribution in [-0.4, -0.2) is 31.6 Å². The Bertz CT molecular complexity index is 1530. The van der Waals surface area contributed by atoms with Crippen molar-refractivity contribution >= 4 is 39.9 Å². The number of nitrogens with zero attached hydrogens (tertiary/aromatic N) is 4. The number of carbonyl (C=O) groups is 2. The minimum atomic E-state index is -0.297. The molecule has 2 amide bonds. The van der Waals surface area contributed by atoms with Gasteiger partial charge in [-0.3, -0.25) is 14.6 Å². The van der Waals surface area contributed by atoms with Crippen LogP contribution >= 0.6 is 11.3 Å². The van der Waals surface area contributed by atoms with E-state index in [0.29, 0.717) is 40.1 Å². The average Bonchev–Trinajstić information content (AvgIpc) is 3.58. The van der Waals surface area contributed by atoms with Gasteiger partial charge in [-0.2, -0.15) is 5.10 Å². The molecule has 180 valence electrons. The lowest BCUT2D eigenvalue weighted by Gasteiger charge is -2.11. The number of hydrogen-bond acceptors (Lipinski definition) is 6. The SMILES string of the molecule is CC(C)n1ncc2c(C(=O)Nc3cccc(C(=O)NCc4ccccn4)c3)cc(-c3cccs3)nc21. The quantitative estimate of drug-likeness (QED) is 0.318. The molecule has 0 saturated heterocycles. The fourth-order valence-electron chi connectivity index (χ4n) is 3.85. The summed E-state index contributed by atoms with van der Waals surface area (Å²) in [6, 6.07) is 18.2. The molecule has 0 aliphatic carbocycles. The monoisotopic (exact) mass is 496 g/mol. The summed E-state index contributed by atoms with van der Waals surface area (Å²) in [5.74, 6) is -0.546. The van der Waals surface area contributed by atoms with Crippen LogP contribution in [0, 0.1) is 0 Å². The van der Waals surface area contributed by atoms with Crippen molar-refractivity contribution in [1.82, 2.24) is 25.1 Å². The number of amides is 2. The highest BCUT2D eigenvalue weighted by atomic mass is 32.1. The number of carbonyl (C=O) groups excluding carboxylic acids is 2. The van der Waals surface area contributed by atoms with Crippen molar-refractivity contribution < 1.29 is 9.59 Å². The molecule has 0 unspecified atom stereocenters. The third-order valence-electron chi connectivity index (χ3n) is 5.61. The maximum absolute atomic E-state index is 13.4. The molecule has 4 heterocycles. The number of benzene rings is 1. The normalized spacial score (nSPS) is 11.1. The van der Waals surface area contributed by atoms with Crippen molar-refractivity contribution in [3.8, 4) is 10.6 Å².